The molecule has 0 aliphatic carbocycles. The van der Waals surface area contributed by atoms with Crippen molar-refractivity contribution >= 4 is 41.6 Å². The lowest BCUT2D eigenvalue weighted by Gasteiger charge is -2.17. The highest BCUT2D eigenvalue weighted by Gasteiger charge is 2.16. The Morgan fingerprint density at radius 1 is 1.03 bits per heavy atom. The Morgan fingerprint density at radius 2 is 1.81 bits per heavy atom. The third-order valence-electron chi connectivity index (χ3n) is 5.39. The molecule has 2 aromatic heterocycles. The highest BCUT2D eigenvalue weighted by atomic mass is 32.2. The maximum atomic E-state index is 13.5. The number of fused-ring (bicyclic) bond motifs is 3. The first-order chi connectivity index (χ1) is 14.8. The highest BCUT2D eigenvalue weighted by molar-refractivity contribution is 7.98. The largest absolute Gasteiger partial charge is 0.361 e. The minimum atomic E-state index is -1.18. The molecule has 4 aromatic rings. The van der Waals surface area contributed by atoms with Crippen molar-refractivity contribution in [2.45, 2.75) is 43.1 Å². The SMILES string of the molecule is Cn1ncc2c3ccc(SCc4ccccc4)cc3c(=O)n(COCC[Si](C)(C)C)c21. The van der Waals surface area contributed by atoms with Gasteiger partial charge in [0.1, 0.15) is 12.4 Å². The summed E-state index contributed by atoms with van der Waals surface area (Å²) in [5.74, 6) is 0.871. The molecule has 0 fully saturated rings. The number of thioether (sulfide) groups is 1. The molecule has 0 amide bonds. The van der Waals surface area contributed by atoms with E-state index >= 15 is 0 Å². The summed E-state index contributed by atoms with van der Waals surface area (Å²) in [6.45, 7) is 7.90. The smallest absolute Gasteiger partial charge is 0.262 e. The van der Waals surface area contributed by atoms with Crippen molar-refractivity contribution < 1.29 is 4.74 Å². The number of benzene rings is 2. The molecule has 0 N–H and O–H groups in total. The van der Waals surface area contributed by atoms with Crippen LogP contribution in [0.2, 0.25) is 25.7 Å². The molecule has 0 unspecified atom stereocenters. The van der Waals surface area contributed by atoms with Crippen LogP contribution >= 0.6 is 11.8 Å². The first-order valence-electron chi connectivity index (χ1n) is 10.6. The molecule has 0 bridgehead atoms. The van der Waals surface area contributed by atoms with Gasteiger partial charge in [-0.05, 0) is 29.1 Å². The third kappa shape index (κ3) is 4.94. The van der Waals surface area contributed by atoms with Crippen molar-refractivity contribution in [3.05, 3.63) is 70.6 Å². The minimum Gasteiger partial charge on any atom is -0.361 e. The summed E-state index contributed by atoms with van der Waals surface area (Å²) >= 11 is 1.74. The van der Waals surface area contributed by atoms with Crippen LogP contribution in [-0.2, 0) is 24.3 Å². The maximum absolute atomic E-state index is 13.5. The summed E-state index contributed by atoms with van der Waals surface area (Å²) in [6, 6.07) is 17.6. The molecule has 0 aliphatic heterocycles. The van der Waals surface area contributed by atoms with Crippen LogP contribution in [0.4, 0.5) is 0 Å². The van der Waals surface area contributed by atoms with Crippen LogP contribution in [0.1, 0.15) is 5.56 Å². The Morgan fingerprint density at radius 3 is 2.55 bits per heavy atom. The van der Waals surface area contributed by atoms with Gasteiger partial charge in [-0.2, -0.15) is 5.10 Å². The number of pyridine rings is 1. The van der Waals surface area contributed by atoms with Crippen molar-refractivity contribution in [1.82, 2.24) is 14.3 Å². The Bertz CT molecular complexity index is 1260. The zero-order valence-electron chi connectivity index (χ0n) is 18.6. The molecule has 0 aliphatic rings. The lowest BCUT2D eigenvalue weighted by molar-refractivity contribution is 0.0874. The van der Waals surface area contributed by atoms with Crippen LogP contribution in [0.3, 0.4) is 0 Å². The van der Waals surface area contributed by atoms with Gasteiger partial charge in [-0.15, -0.1) is 11.8 Å². The van der Waals surface area contributed by atoms with E-state index in [-0.39, 0.29) is 12.3 Å². The zero-order chi connectivity index (χ0) is 22.0. The quantitative estimate of drug-likeness (QED) is 0.202. The molecule has 7 heteroatoms. The van der Waals surface area contributed by atoms with E-state index in [9.17, 15) is 4.79 Å². The Balaban J connectivity index is 1.67. The van der Waals surface area contributed by atoms with Crippen LogP contribution < -0.4 is 5.56 Å². The van der Waals surface area contributed by atoms with Gasteiger partial charge in [-0.1, -0.05) is 56.0 Å². The maximum Gasteiger partial charge on any atom is 0.262 e. The van der Waals surface area contributed by atoms with Crippen molar-refractivity contribution in [3.63, 3.8) is 0 Å². The zero-order valence-corrected chi connectivity index (χ0v) is 20.4. The van der Waals surface area contributed by atoms with E-state index in [0.717, 1.165) is 33.1 Å². The summed E-state index contributed by atoms with van der Waals surface area (Å²) < 4.78 is 9.43. The lowest BCUT2D eigenvalue weighted by atomic mass is 10.1. The van der Waals surface area contributed by atoms with Gasteiger partial charge in [0.25, 0.3) is 5.56 Å². The van der Waals surface area contributed by atoms with Crippen molar-refractivity contribution in [2.24, 2.45) is 7.05 Å². The van der Waals surface area contributed by atoms with E-state index in [2.05, 4.69) is 55.1 Å². The second-order valence-corrected chi connectivity index (χ2v) is 15.7. The van der Waals surface area contributed by atoms with Crippen LogP contribution in [0.5, 0.6) is 0 Å². The van der Waals surface area contributed by atoms with E-state index in [1.165, 1.54) is 5.56 Å². The van der Waals surface area contributed by atoms with Gasteiger partial charge in [0.15, 0.2) is 0 Å². The van der Waals surface area contributed by atoms with Crippen LogP contribution in [0.15, 0.2) is 64.4 Å². The number of nitrogens with zero attached hydrogens (tertiary/aromatic N) is 3. The third-order valence-corrected chi connectivity index (χ3v) is 8.15. The monoisotopic (exact) mass is 451 g/mol. The fourth-order valence-electron chi connectivity index (χ4n) is 3.60. The molecule has 0 atom stereocenters. The molecule has 5 nitrogen and oxygen atoms in total. The van der Waals surface area contributed by atoms with Gasteiger partial charge in [0, 0.05) is 43.1 Å². The van der Waals surface area contributed by atoms with Gasteiger partial charge in [-0.3, -0.25) is 14.0 Å². The summed E-state index contributed by atoms with van der Waals surface area (Å²) in [5.41, 5.74) is 2.04. The standard InChI is InChI=1S/C24H29N3O2SSi/c1-26-23-22(15-25-26)20-11-10-19(30-16-18-8-6-5-7-9-18)14-21(20)24(28)27(23)17-29-12-13-31(2,3)4/h5-11,14-15H,12-13,16-17H2,1-4H3. The van der Waals surface area contributed by atoms with Gasteiger partial charge in [0.2, 0.25) is 0 Å². The molecule has 31 heavy (non-hydrogen) atoms. The van der Waals surface area contributed by atoms with Crippen LogP contribution in [0.25, 0.3) is 21.8 Å². The second kappa shape index (κ2) is 9.02. The lowest BCUT2D eigenvalue weighted by Crippen LogP contribution is -2.26. The number of aromatic nitrogens is 3. The van der Waals surface area contributed by atoms with Gasteiger partial charge in [-0.25, -0.2) is 0 Å². The summed E-state index contributed by atoms with van der Waals surface area (Å²) in [7, 11) is 0.690. The summed E-state index contributed by atoms with van der Waals surface area (Å²) in [5, 5.41) is 7.05. The molecule has 162 valence electrons. The van der Waals surface area contributed by atoms with E-state index in [0.29, 0.717) is 12.0 Å². The predicted molar refractivity (Wildman–Crippen MR) is 133 cm³/mol. The molecule has 4 rings (SSSR count). The molecule has 0 spiro atoms. The first-order valence-corrected chi connectivity index (χ1v) is 15.3. The predicted octanol–water partition coefficient (Wildman–Crippen LogP) is 5.49. The fraction of sp³-hybridized carbons (Fsp3) is 0.333. The van der Waals surface area contributed by atoms with E-state index in [4.69, 9.17) is 4.74 Å². The molecular formula is C24H29N3O2SSi. The van der Waals surface area contributed by atoms with Crippen molar-refractivity contribution in [2.75, 3.05) is 6.61 Å². The minimum absolute atomic E-state index is 0.0266. The van der Waals surface area contributed by atoms with Crippen LogP contribution in [-0.4, -0.2) is 29.0 Å². The van der Waals surface area contributed by atoms with Gasteiger partial charge in [0.05, 0.1) is 6.20 Å². The fourth-order valence-corrected chi connectivity index (χ4v) is 5.25. The Labute approximate surface area is 188 Å². The van der Waals surface area contributed by atoms with Crippen LogP contribution in [0, 0.1) is 0 Å². The summed E-state index contributed by atoms with van der Waals surface area (Å²) in [4.78, 5) is 14.5. The molecule has 2 heterocycles. The Kier molecular flexibility index (Phi) is 6.36. The van der Waals surface area contributed by atoms with Crippen molar-refractivity contribution in [3.8, 4) is 0 Å². The molecular weight excluding hydrogens is 422 g/mol. The van der Waals surface area contributed by atoms with E-state index < -0.39 is 8.07 Å². The number of rotatable bonds is 8. The Hall–Kier alpha value is -2.35. The average Bonchev–Trinajstić information content (AvgIpc) is 3.13. The normalized spacial score (nSPS) is 12.1. The van der Waals surface area contributed by atoms with Gasteiger partial charge >= 0.3 is 0 Å². The number of hydrogen-bond donors (Lipinski definition) is 0. The number of ether oxygens (including phenoxy) is 1. The second-order valence-electron chi connectivity index (χ2n) is 9.07. The number of aryl methyl sites for hydroxylation is 1. The number of hydrogen-bond acceptors (Lipinski definition) is 4. The molecule has 0 saturated heterocycles. The molecule has 0 radical (unpaired) electrons. The first kappa shape index (κ1) is 21.9. The van der Waals surface area contributed by atoms with Crippen molar-refractivity contribution in [1.29, 1.82) is 0 Å². The average molecular weight is 452 g/mol. The van der Waals surface area contributed by atoms with E-state index in [1.807, 2.05) is 31.4 Å². The molecule has 0 saturated carbocycles. The highest BCUT2D eigenvalue weighted by Crippen LogP contribution is 2.29. The molecule has 2 aromatic carbocycles. The topological polar surface area (TPSA) is 49.0 Å². The van der Waals surface area contributed by atoms with Gasteiger partial charge < -0.3 is 4.74 Å². The van der Waals surface area contributed by atoms with E-state index in [1.54, 1.807) is 21.0 Å². The summed E-state index contributed by atoms with van der Waals surface area (Å²) in [6.07, 6.45) is 1.84.